The number of aryl methyl sites for hydroxylation is 1. The minimum atomic E-state index is -0.334. The fourth-order valence-corrected chi connectivity index (χ4v) is 2.36. The van der Waals surface area contributed by atoms with Gasteiger partial charge in [0.15, 0.2) is 18.2 Å². The maximum absolute atomic E-state index is 12.2. The highest BCUT2D eigenvalue weighted by Gasteiger charge is 2.12. The lowest BCUT2D eigenvalue weighted by molar-refractivity contribution is 0.102. The zero-order chi connectivity index (χ0) is 17.9. The van der Waals surface area contributed by atoms with Crippen molar-refractivity contribution in [2.45, 2.75) is 6.67 Å². The van der Waals surface area contributed by atoms with Crippen LogP contribution in [0.3, 0.4) is 0 Å². The molecule has 0 bridgehead atoms. The monoisotopic (exact) mass is 349 g/mol. The molecule has 0 atom stereocenters. The van der Waals surface area contributed by atoms with E-state index in [1.54, 1.807) is 40.9 Å². The quantitative estimate of drug-likeness (QED) is 0.576. The van der Waals surface area contributed by atoms with Crippen molar-refractivity contribution >= 4 is 11.7 Å². The molecule has 0 fully saturated rings. The van der Waals surface area contributed by atoms with Gasteiger partial charge in [-0.3, -0.25) is 9.48 Å². The van der Waals surface area contributed by atoms with Gasteiger partial charge in [0.25, 0.3) is 5.91 Å². The Morgan fingerprint density at radius 1 is 1.04 bits per heavy atom. The predicted octanol–water partition coefficient (Wildman–Crippen LogP) is 1.03. The molecule has 4 rings (SSSR count). The highest BCUT2D eigenvalue weighted by molar-refractivity contribution is 6.02. The minimum absolute atomic E-state index is 0.247. The van der Waals surface area contributed by atoms with Gasteiger partial charge in [0.05, 0.1) is 0 Å². The molecule has 0 radical (unpaired) electrons. The van der Waals surface area contributed by atoms with Crippen molar-refractivity contribution in [1.82, 2.24) is 39.8 Å². The first kappa shape index (κ1) is 15.7. The summed E-state index contributed by atoms with van der Waals surface area (Å²) in [5.74, 6) is 0.669. The van der Waals surface area contributed by atoms with E-state index in [-0.39, 0.29) is 18.3 Å². The second-order valence-electron chi connectivity index (χ2n) is 5.56. The molecule has 0 aliphatic rings. The Morgan fingerprint density at radius 3 is 2.65 bits per heavy atom. The highest BCUT2D eigenvalue weighted by Crippen LogP contribution is 2.11. The number of anilines is 1. The van der Waals surface area contributed by atoms with Gasteiger partial charge in [-0.15, -0.1) is 15.0 Å². The molecule has 26 heavy (non-hydrogen) atoms. The zero-order valence-corrected chi connectivity index (χ0v) is 13.9. The van der Waals surface area contributed by atoms with Crippen LogP contribution in [0.15, 0.2) is 54.9 Å². The van der Waals surface area contributed by atoms with E-state index in [0.717, 1.165) is 5.56 Å². The van der Waals surface area contributed by atoms with E-state index in [9.17, 15) is 4.79 Å². The molecule has 0 saturated carbocycles. The Kier molecular flexibility index (Phi) is 3.98. The van der Waals surface area contributed by atoms with Gasteiger partial charge in [0.2, 0.25) is 5.82 Å². The van der Waals surface area contributed by atoms with Crippen molar-refractivity contribution in [3.05, 3.63) is 60.6 Å². The number of carbonyl (C=O) groups is 1. The molecule has 1 N–H and O–H groups in total. The van der Waals surface area contributed by atoms with Crippen molar-refractivity contribution in [2.24, 2.45) is 7.05 Å². The first-order chi connectivity index (χ1) is 12.7. The van der Waals surface area contributed by atoms with E-state index in [1.807, 2.05) is 30.3 Å². The second-order valence-corrected chi connectivity index (χ2v) is 5.56. The van der Waals surface area contributed by atoms with Crippen LogP contribution in [0.4, 0.5) is 5.82 Å². The number of nitrogens with one attached hydrogen (secondary N) is 1. The third kappa shape index (κ3) is 3.34. The van der Waals surface area contributed by atoms with E-state index in [0.29, 0.717) is 11.6 Å². The summed E-state index contributed by atoms with van der Waals surface area (Å²) in [6.07, 6.45) is 3.42. The standard InChI is InChI=1S/C16H15N9O/c1-23-9-8-14(20-23)17-16(26)13-7-10-24(19-13)11-25-21-15(18-22-25)12-5-3-2-4-6-12/h2-10H,11H2,1H3,(H,17,20,26). The average molecular weight is 349 g/mol. The van der Waals surface area contributed by atoms with Crippen LogP contribution in [0.25, 0.3) is 11.4 Å². The minimum Gasteiger partial charge on any atom is -0.304 e. The summed E-state index contributed by atoms with van der Waals surface area (Å²) >= 11 is 0. The van der Waals surface area contributed by atoms with Crippen LogP contribution in [0.2, 0.25) is 0 Å². The van der Waals surface area contributed by atoms with E-state index in [4.69, 9.17) is 0 Å². The fourth-order valence-electron chi connectivity index (χ4n) is 2.36. The number of rotatable bonds is 5. The molecule has 10 heteroatoms. The summed E-state index contributed by atoms with van der Waals surface area (Å²) in [7, 11) is 1.78. The zero-order valence-electron chi connectivity index (χ0n) is 13.9. The summed E-state index contributed by atoms with van der Waals surface area (Å²) in [5.41, 5.74) is 1.16. The first-order valence-corrected chi connectivity index (χ1v) is 7.85. The molecule has 1 amide bonds. The molecule has 0 unspecified atom stereocenters. The average Bonchev–Trinajstić information content (AvgIpc) is 3.38. The number of benzene rings is 1. The molecule has 0 saturated heterocycles. The van der Waals surface area contributed by atoms with Crippen molar-refractivity contribution in [3.63, 3.8) is 0 Å². The van der Waals surface area contributed by atoms with E-state index >= 15 is 0 Å². The van der Waals surface area contributed by atoms with Crippen LogP contribution in [0, 0.1) is 0 Å². The molecule has 3 aromatic heterocycles. The number of carbonyl (C=O) groups excluding carboxylic acids is 1. The third-order valence-corrected chi connectivity index (χ3v) is 3.58. The number of hydrogen-bond donors (Lipinski definition) is 1. The van der Waals surface area contributed by atoms with Crippen LogP contribution in [-0.4, -0.2) is 45.7 Å². The SMILES string of the molecule is Cn1ccc(NC(=O)c2ccn(Cn3nnc(-c4ccccc4)n3)n2)n1. The van der Waals surface area contributed by atoms with Crippen LogP contribution < -0.4 is 5.32 Å². The van der Waals surface area contributed by atoms with Gasteiger partial charge in [-0.25, -0.2) is 4.68 Å². The molecule has 0 spiro atoms. The van der Waals surface area contributed by atoms with Crippen molar-refractivity contribution in [3.8, 4) is 11.4 Å². The number of amides is 1. The van der Waals surface area contributed by atoms with E-state index in [2.05, 4.69) is 30.9 Å². The van der Waals surface area contributed by atoms with Gasteiger partial charge in [-0.1, -0.05) is 30.3 Å². The third-order valence-electron chi connectivity index (χ3n) is 3.58. The predicted molar refractivity (Wildman–Crippen MR) is 92.0 cm³/mol. The van der Waals surface area contributed by atoms with E-state index < -0.39 is 0 Å². The number of aromatic nitrogens is 8. The highest BCUT2D eigenvalue weighted by atomic mass is 16.2. The molecule has 3 heterocycles. The smallest absolute Gasteiger partial charge is 0.277 e. The first-order valence-electron chi connectivity index (χ1n) is 7.85. The number of hydrogen-bond acceptors (Lipinski definition) is 6. The maximum Gasteiger partial charge on any atom is 0.277 e. The second kappa shape index (κ2) is 6.59. The Bertz CT molecular complexity index is 1030. The van der Waals surface area contributed by atoms with Gasteiger partial charge in [-0.05, 0) is 11.3 Å². The van der Waals surface area contributed by atoms with Crippen LogP contribution in [0.1, 0.15) is 10.5 Å². The maximum atomic E-state index is 12.2. The van der Waals surface area contributed by atoms with Gasteiger partial charge in [0, 0.05) is 31.1 Å². The molecular weight excluding hydrogens is 334 g/mol. The molecular formula is C16H15N9O. The normalized spacial score (nSPS) is 10.8. The molecule has 130 valence electrons. The lowest BCUT2D eigenvalue weighted by Crippen LogP contribution is -2.16. The van der Waals surface area contributed by atoms with Gasteiger partial charge in [-0.2, -0.15) is 10.2 Å². The molecule has 4 aromatic rings. The van der Waals surface area contributed by atoms with Crippen molar-refractivity contribution in [2.75, 3.05) is 5.32 Å². The topological polar surface area (TPSA) is 108 Å². The van der Waals surface area contributed by atoms with Crippen LogP contribution in [0.5, 0.6) is 0 Å². The summed E-state index contributed by atoms with van der Waals surface area (Å²) < 4.78 is 3.17. The Balaban J connectivity index is 1.44. The van der Waals surface area contributed by atoms with Crippen molar-refractivity contribution < 1.29 is 4.79 Å². The van der Waals surface area contributed by atoms with Gasteiger partial charge < -0.3 is 5.32 Å². The lowest BCUT2D eigenvalue weighted by atomic mass is 10.2. The largest absolute Gasteiger partial charge is 0.304 e. The van der Waals surface area contributed by atoms with Gasteiger partial charge >= 0.3 is 0 Å². The molecule has 0 aliphatic carbocycles. The lowest BCUT2D eigenvalue weighted by Gasteiger charge is -2.00. The van der Waals surface area contributed by atoms with Gasteiger partial charge in [0.1, 0.15) is 0 Å². The summed E-state index contributed by atoms with van der Waals surface area (Å²) in [6, 6.07) is 12.9. The summed E-state index contributed by atoms with van der Waals surface area (Å²) in [6.45, 7) is 0.247. The summed E-state index contributed by atoms with van der Waals surface area (Å²) in [4.78, 5) is 13.6. The van der Waals surface area contributed by atoms with Crippen molar-refractivity contribution in [1.29, 1.82) is 0 Å². The van der Waals surface area contributed by atoms with Crippen LogP contribution in [-0.2, 0) is 13.7 Å². The van der Waals surface area contributed by atoms with E-state index in [1.165, 1.54) is 4.80 Å². The number of tetrazole rings is 1. The Hall–Kier alpha value is -3.82. The van der Waals surface area contributed by atoms with Crippen LogP contribution >= 0.6 is 0 Å². The Morgan fingerprint density at radius 2 is 1.88 bits per heavy atom. The Labute approximate surface area is 148 Å². The molecule has 10 nitrogen and oxygen atoms in total. The fraction of sp³-hybridized carbons (Fsp3) is 0.125. The summed E-state index contributed by atoms with van der Waals surface area (Å²) in [5, 5.41) is 23.4. The molecule has 0 aliphatic heterocycles. The number of nitrogens with zero attached hydrogens (tertiary/aromatic N) is 8. The molecule has 1 aromatic carbocycles.